The molecule has 16 heavy (non-hydrogen) atoms. The number of hydrogen-bond acceptors (Lipinski definition) is 1. The van der Waals surface area contributed by atoms with Gasteiger partial charge in [0.25, 0.3) is 0 Å². The Morgan fingerprint density at radius 3 is 1.38 bits per heavy atom. The quantitative estimate of drug-likeness (QED) is 0.528. The first kappa shape index (κ1) is 13.1. The van der Waals surface area contributed by atoms with Gasteiger partial charge in [-0.1, -0.05) is 0 Å². The average molecular weight is 264 g/mol. The summed E-state index contributed by atoms with van der Waals surface area (Å²) in [5.41, 5.74) is -3.96. The highest BCUT2D eigenvalue weighted by atomic mass is 32.1. The van der Waals surface area contributed by atoms with Gasteiger partial charge in [0.15, 0.2) is 0 Å². The van der Waals surface area contributed by atoms with E-state index in [1.165, 1.54) is 0 Å². The van der Waals surface area contributed by atoms with Crippen LogP contribution in [0.2, 0.25) is 0 Å². The molecular formula is C8H3F7S. The summed E-state index contributed by atoms with van der Waals surface area (Å²) in [4.78, 5) is -0.610. The van der Waals surface area contributed by atoms with E-state index >= 15 is 0 Å². The van der Waals surface area contributed by atoms with E-state index in [9.17, 15) is 30.7 Å². The third-order valence-electron chi connectivity index (χ3n) is 1.67. The summed E-state index contributed by atoms with van der Waals surface area (Å²) in [6.07, 6.45) is -10.4. The molecule has 0 heterocycles. The van der Waals surface area contributed by atoms with Gasteiger partial charge in [-0.3, -0.25) is 0 Å². The summed E-state index contributed by atoms with van der Waals surface area (Å²) in [5.74, 6) is -2.34. The van der Waals surface area contributed by atoms with Crippen LogP contribution in [0.4, 0.5) is 30.7 Å². The van der Waals surface area contributed by atoms with Crippen LogP contribution >= 0.6 is 12.6 Å². The molecule has 90 valence electrons. The Hall–Kier alpha value is -0.920. The van der Waals surface area contributed by atoms with Crippen LogP contribution in [0.1, 0.15) is 11.1 Å². The number of hydrogen-bond donors (Lipinski definition) is 1. The molecule has 0 spiro atoms. The topological polar surface area (TPSA) is 0 Å². The zero-order valence-corrected chi connectivity index (χ0v) is 8.14. The Labute approximate surface area is 90.5 Å². The van der Waals surface area contributed by atoms with Gasteiger partial charge in [-0.25, -0.2) is 4.39 Å². The van der Waals surface area contributed by atoms with Gasteiger partial charge in [0.2, 0.25) is 0 Å². The lowest BCUT2D eigenvalue weighted by molar-refractivity contribution is -0.148. The Bertz CT molecular complexity index is 369. The molecule has 0 amide bonds. The Morgan fingerprint density at radius 1 is 0.812 bits per heavy atom. The zero-order chi connectivity index (χ0) is 12.7. The maximum atomic E-state index is 13.0. The number of halogens is 7. The van der Waals surface area contributed by atoms with E-state index in [-0.39, 0.29) is 12.1 Å². The lowest BCUT2D eigenvalue weighted by Gasteiger charge is -2.14. The van der Waals surface area contributed by atoms with Gasteiger partial charge in [-0.2, -0.15) is 26.3 Å². The summed E-state index contributed by atoms with van der Waals surface area (Å²) < 4.78 is 85.9. The van der Waals surface area contributed by atoms with Crippen LogP contribution in [0.5, 0.6) is 0 Å². The molecule has 0 N–H and O–H groups in total. The first-order valence-electron chi connectivity index (χ1n) is 3.70. The molecular weight excluding hydrogens is 261 g/mol. The van der Waals surface area contributed by atoms with Crippen molar-refractivity contribution in [1.29, 1.82) is 0 Å². The highest BCUT2D eigenvalue weighted by Crippen LogP contribution is 2.39. The molecule has 1 rings (SSSR count). The fourth-order valence-corrected chi connectivity index (χ4v) is 1.28. The third kappa shape index (κ3) is 2.60. The van der Waals surface area contributed by atoms with Crippen LogP contribution in [-0.2, 0) is 12.4 Å². The van der Waals surface area contributed by atoms with Gasteiger partial charge in [-0.15, -0.1) is 12.6 Å². The first-order chi connectivity index (χ1) is 7.03. The Balaban J connectivity index is 3.51. The predicted molar refractivity (Wildman–Crippen MR) is 43.7 cm³/mol. The maximum Gasteiger partial charge on any atom is 0.419 e. The standard InChI is InChI=1S/C8H3F7S/c9-6-4(7(10,11)12)1-3(16)2-5(6)8(13,14)15/h1-2,16H. The van der Waals surface area contributed by atoms with E-state index in [2.05, 4.69) is 12.6 Å². The SMILES string of the molecule is Fc1c(C(F)(F)F)cc(S)cc1C(F)(F)F. The normalized spacial score (nSPS) is 13.0. The summed E-state index contributed by atoms with van der Waals surface area (Å²) in [5, 5.41) is 0. The van der Waals surface area contributed by atoms with Gasteiger partial charge >= 0.3 is 12.4 Å². The molecule has 0 saturated heterocycles. The summed E-state index contributed by atoms with van der Waals surface area (Å²) in [6, 6.07) is 0.404. The minimum atomic E-state index is -5.19. The van der Waals surface area contributed by atoms with Crippen LogP contribution in [0, 0.1) is 5.82 Å². The molecule has 0 fully saturated rings. The van der Waals surface area contributed by atoms with Crippen molar-refractivity contribution >= 4 is 12.6 Å². The zero-order valence-electron chi connectivity index (χ0n) is 7.25. The highest BCUT2D eigenvalue weighted by molar-refractivity contribution is 7.80. The molecule has 0 radical (unpaired) electrons. The molecule has 0 aliphatic rings. The van der Waals surface area contributed by atoms with Crippen molar-refractivity contribution in [2.45, 2.75) is 17.2 Å². The fraction of sp³-hybridized carbons (Fsp3) is 0.250. The summed E-state index contributed by atoms with van der Waals surface area (Å²) in [6.45, 7) is 0. The Morgan fingerprint density at radius 2 is 1.12 bits per heavy atom. The van der Waals surface area contributed by atoms with Crippen molar-refractivity contribution in [2.24, 2.45) is 0 Å². The van der Waals surface area contributed by atoms with Crippen molar-refractivity contribution in [1.82, 2.24) is 0 Å². The van der Waals surface area contributed by atoms with E-state index in [1.54, 1.807) is 0 Å². The molecule has 0 bridgehead atoms. The maximum absolute atomic E-state index is 13.0. The number of benzene rings is 1. The Kier molecular flexibility index (Phi) is 3.15. The lowest BCUT2D eigenvalue weighted by atomic mass is 10.1. The first-order valence-corrected chi connectivity index (χ1v) is 4.15. The van der Waals surface area contributed by atoms with E-state index in [4.69, 9.17) is 0 Å². The van der Waals surface area contributed by atoms with E-state index in [1.807, 2.05) is 0 Å². The molecule has 1 aromatic carbocycles. The van der Waals surface area contributed by atoms with Crippen molar-refractivity contribution < 1.29 is 30.7 Å². The van der Waals surface area contributed by atoms with Crippen molar-refractivity contribution in [3.63, 3.8) is 0 Å². The van der Waals surface area contributed by atoms with Gasteiger partial charge < -0.3 is 0 Å². The average Bonchev–Trinajstić information content (AvgIpc) is 2.04. The predicted octanol–water partition coefficient (Wildman–Crippen LogP) is 4.15. The molecule has 0 atom stereocenters. The van der Waals surface area contributed by atoms with Crippen molar-refractivity contribution in [3.05, 3.63) is 29.1 Å². The second-order valence-electron chi connectivity index (χ2n) is 2.85. The second-order valence-corrected chi connectivity index (χ2v) is 3.37. The molecule has 0 unspecified atom stereocenters. The van der Waals surface area contributed by atoms with E-state index < -0.39 is 34.2 Å². The molecule has 0 aromatic heterocycles. The number of rotatable bonds is 0. The molecule has 0 aliphatic carbocycles. The molecule has 0 aliphatic heterocycles. The molecule has 0 nitrogen and oxygen atoms in total. The van der Waals surface area contributed by atoms with Gasteiger partial charge in [-0.05, 0) is 12.1 Å². The van der Waals surface area contributed by atoms with Gasteiger partial charge in [0.05, 0.1) is 11.1 Å². The molecule has 1 aromatic rings. The van der Waals surface area contributed by atoms with Gasteiger partial charge in [0.1, 0.15) is 5.82 Å². The van der Waals surface area contributed by atoms with Crippen LogP contribution in [0.3, 0.4) is 0 Å². The minimum Gasteiger partial charge on any atom is -0.206 e. The molecule has 0 saturated carbocycles. The van der Waals surface area contributed by atoms with Crippen LogP contribution in [-0.4, -0.2) is 0 Å². The number of alkyl halides is 6. The fourth-order valence-electron chi connectivity index (χ4n) is 1.02. The smallest absolute Gasteiger partial charge is 0.206 e. The summed E-state index contributed by atoms with van der Waals surface area (Å²) >= 11 is 3.37. The second kappa shape index (κ2) is 3.83. The van der Waals surface area contributed by atoms with E-state index in [0.29, 0.717) is 0 Å². The third-order valence-corrected chi connectivity index (χ3v) is 1.93. The largest absolute Gasteiger partial charge is 0.419 e. The van der Waals surface area contributed by atoms with Crippen molar-refractivity contribution in [2.75, 3.05) is 0 Å². The van der Waals surface area contributed by atoms with Crippen LogP contribution in [0.15, 0.2) is 17.0 Å². The minimum absolute atomic E-state index is 0.202. The van der Waals surface area contributed by atoms with Crippen LogP contribution < -0.4 is 0 Å². The monoisotopic (exact) mass is 264 g/mol. The molecule has 8 heteroatoms. The van der Waals surface area contributed by atoms with Gasteiger partial charge in [0, 0.05) is 4.90 Å². The lowest BCUT2D eigenvalue weighted by Crippen LogP contribution is -2.15. The summed E-state index contributed by atoms with van der Waals surface area (Å²) in [7, 11) is 0. The van der Waals surface area contributed by atoms with Crippen molar-refractivity contribution in [3.8, 4) is 0 Å². The highest BCUT2D eigenvalue weighted by Gasteiger charge is 2.41. The number of thiol groups is 1. The van der Waals surface area contributed by atoms with Crippen LogP contribution in [0.25, 0.3) is 0 Å². The van der Waals surface area contributed by atoms with E-state index in [0.717, 1.165) is 0 Å².